The van der Waals surface area contributed by atoms with E-state index in [-0.39, 0.29) is 5.41 Å². The van der Waals surface area contributed by atoms with Gasteiger partial charge in [0.25, 0.3) is 0 Å². The van der Waals surface area contributed by atoms with Crippen LogP contribution in [0.25, 0.3) is 0 Å². The topological polar surface area (TPSA) is 18.1 Å². The highest BCUT2D eigenvalue weighted by Gasteiger charge is 2.20. The Morgan fingerprint density at radius 1 is 1.24 bits per heavy atom. The number of hydrogen-bond acceptors (Lipinski definition) is 1. The molecular weight excluding hydrogens is 210 g/mol. The molecule has 2 heterocycles. The standard InChI is InChI=1S/C15H21NO/c1-11-9-14(15(3,4)5)12(2)16(11)10-13-7-6-8-17-13/h6-9H,10H2,1-5H3. The molecule has 17 heavy (non-hydrogen) atoms. The van der Waals surface area contributed by atoms with E-state index in [1.165, 1.54) is 17.0 Å². The van der Waals surface area contributed by atoms with Crippen LogP contribution in [0.5, 0.6) is 0 Å². The smallest absolute Gasteiger partial charge is 0.123 e. The molecule has 0 saturated heterocycles. The van der Waals surface area contributed by atoms with Gasteiger partial charge >= 0.3 is 0 Å². The average molecular weight is 231 g/mol. The Labute approximate surface area is 103 Å². The van der Waals surface area contributed by atoms with E-state index in [1.54, 1.807) is 6.26 Å². The van der Waals surface area contributed by atoms with Gasteiger partial charge in [-0.1, -0.05) is 20.8 Å². The first-order valence-corrected chi connectivity index (χ1v) is 6.09. The molecule has 0 aliphatic carbocycles. The molecular formula is C15H21NO. The number of nitrogens with zero attached hydrogens (tertiary/aromatic N) is 1. The van der Waals surface area contributed by atoms with Crippen LogP contribution in [-0.4, -0.2) is 4.57 Å². The first-order chi connectivity index (χ1) is 7.89. The molecule has 2 nitrogen and oxygen atoms in total. The van der Waals surface area contributed by atoms with E-state index in [0.29, 0.717) is 0 Å². The van der Waals surface area contributed by atoms with Gasteiger partial charge in [-0.3, -0.25) is 0 Å². The fraction of sp³-hybridized carbons (Fsp3) is 0.467. The van der Waals surface area contributed by atoms with Crippen molar-refractivity contribution in [3.63, 3.8) is 0 Å². The molecule has 0 atom stereocenters. The van der Waals surface area contributed by atoms with Crippen molar-refractivity contribution >= 4 is 0 Å². The molecule has 2 aromatic heterocycles. The predicted molar refractivity (Wildman–Crippen MR) is 70.4 cm³/mol. The highest BCUT2D eigenvalue weighted by molar-refractivity contribution is 5.33. The lowest BCUT2D eigenvalue weighted by Crippen LogP contribution is -2.13. The molecule has 0 aliphatic rings. The van der Waals surface area contributed by atoms with Crippen LogP contribution >= 0.6 is 0 Å². The van der Waals surface area contributed by atoms with Gasteiger partial charge in [-0.15, -0.1) is 0 Å². The average Bonchev–Trinajstić information content (AvgIpc) is 2.80. The Balaban J connectivity index is 2.39. The minimum Gasteiger partial charge on any atom is -0.467 e. The monoisotopic (exact) mass is 231 g/mol. The van der Waals surface area contributed by atoms with E-state index in [2.05, 4.69) is 45.3 Å². The third kappa shape index (κ3) is 2.31. The Morgan fingerprint density at radius 2 is 1.94 bits per heavy atom. The largest absolute Gasteiger partial charge is 0.467 e. The van der Waals surface area contributed by atoms with Gasteiger partial charge in [0.1, 0.15) is 5.76 Å². The minimum absolute atomic E-state index is 0.198. The van der Waals surface area contributed by atoms with Gasteiger partial charge in [0.05, 0.1) is 12.8 Å². The molecule has 2 rings (SSSR count). The fourth-order valence-electron chi connectivity index (χ4n) is 2.36. The normalized spacial score (nSPS) is 12.1. The van der Waals surface area contributed by atoms with E-state index < -0.39 is 0 Å². The molecule has 0 N–H and O–H groups in total. The number of rotatable bonds is 2. The molecule has 0 aromatic carbocycles. The second-order valence-electron chi connectivity index (χ2n) is 5.70. The van der Waals surface area contributed by atoms with Crippen molar-refractivity contribution in [2.24, 2.45) is 0 Å². The van der Waals surface area contributed by atoms with Crippen molar-refractivity contribution < 1.29 is 4.42 Å². The number of furan rings is 1. The summed E-state index contributed by atoms with van der Waals surface area (Å²) in [6.45, 7) is 11.9. The first-order valence-electron chi connectivity index (χ1n) is 6.09. The van der Waals surface area contributed by atoms with Crippen LogP contribution in [-0.2, 0) is 12.0 Å². The van der Waals surface area contributed by atoms with Crippen molar-refractivity contribution in [1.29, 1.82) is 0 Å². The highest BCUT2D eigenvalue weighted by Crippen LogP contribution is 2.28. The summed E-state index contributed by atoms with van der Waals surface area (Å²) in [5, 5.41) is 0. The maximum absolute atomic E-state index is 5.42. The maximum Gasteiger partial charge on any atom is 0.123 e. The van der Waals surface area contributed by atoms with Crippen molar-refractivity contribution in [3.05, 3.63) is 47.2 Å². The minimum atomic E-state index is 0.198. The van der Waals surface area contributed by atoms with E-state index in [9.17, 15) is 0 Å². The molecule has 2 aromatic rings. The van der Waals surface area contributed by atoms with Gasteiger partial charge in [-0.25, -0.2) is 0 Å². The quantitative estimate of drug-likeness (QED) is 0.762. The molecule has 0 aliphatic heterocycles. The summed E-state index contributed by atoms with van der Waals surface area (Å²) in [7, 11) is 0. The van der Waals surface area contributed by atoms with Gasteiger partial charge in [0.15, 0.2) is 0 Å². The molecule has 0 saturated carbocycles. The van der Waals surface area contributed by atoms with E-state index in [0.717, 1.165) is 12.3 Å². The zero-order valence-electron chi connectivity index (χ0n) is 11.4. The Hall–Kier alpha value is -1.44. The summed E-state index contributed by atoms with van der Waals surface area (Å²) in [5.41, 5.74) is 4.25. The fourth-order valence-corrected chi connectivity index (χ4v) is 2.36. The highest BCUT2D eigenvalue weighted by atomic mass is 16.3. The first kappa shape index (κ1) is 12.0. The summed E-state index contributed by atoms with van der Waals surface area (Å²) >= 11 is 0. The van der Waals surface area contributed by atoms with Crippen LogP contribution < -0.4 is 0 Å². The maximum atomic E-state index is 5.42. The number of hydrogen-bond donors (Lipinski definition) is 0. The third-order valence-corrected chi connectivity index (χ3v) is 3.28. The molecule has 0 fully saturated rings. The molecule has 2 heteroatoms. The van der Waals surface area contributed by atoms with Gasteiger partial charge in [0, 0.05) is 11.4 Å². The molecule has 0 spiro atoms. The number of aryl methyl sites for hydroxylation is 1. The van der Waals surface area contributed by atoms with Crippen LogP contribution in [0.4, 0.5) is 0 Å². The van der Waals surface area contributed by atoms with Crippen molar-refractivity contribution in [2.75, 3.05) is 0 Å². The Bertz CT molecular complexity index is 498. The lowest BCUT2D eigenvalue weighted by atomic mass is 9.87. The molecule has 0 bridgehead atoms. The second kappa shape index (κ2) is 4.10. The second-order valence-corrected chi connectivity index (χ2v) is 5.70. The van der Waals surface area contributed by atoms with E-state index >= 15 is 0 Å². The molecule has 0 radical (unpaired) electrons. The van der Waals surface area contributed by atoms with Crippen molar-refractivity contribution in [3.8, 4) is 0 Å². The van der Waals surface area contributed by atoms with Gasteiger partial charge in [0.2, 0.25) is 0 Å². The molecule has 92 valence electrons. The molecule has 0 unspecified atom stereocenters. The summed E-state index contributed by atoms with van der Waals surface area (Å²) in [6, 6.07) is 6.25. The predicted octanol–water partition coefficient (Wildman–Crippen LogP) is 4.04. The van der Waals surface area contributed by atoms with Gasteiger partial charge < -0.3 is 8.98 Å². The van der Waals surface area contributed by atoms with Crippen LogP contribution in [0.2, 0.25) is 0 Å². The van der Waals surface area contributed by atoms with Crippen molar-refractivity contribution in [2.45, 2.75) is 46.6 Å². The van der Waals surface area contributed by atoms with Gasteiger partial charge in [-0.2, -0.15) is 0 Å². The van der Waals surface area contributed by atoms with Crippen LogP contribution in [0.3, 0.4) is 0 Å². The summed E-state index contributed by atoms with van der Waals surface area (Å²) < 4.78 is 7.74. The summed E-state index contributed by atoms with van der Waals surface area (Å²) in [6.07, 6.45) is 1.73. The SMILES string of the molecule is Cc1cc(C(C)(C)C)c(C)n1Cc1ccco1. The van der Waals surface area contributed by atoms with Gasteiger partial charge in [-0.05, 0) is 43.0 Å². The summed E-state index contributed by atoms with van der Waals surface area (Å²) in [5.74, 6) is 1.01. The van der Waals surface area contributed by atoms with Crippen LogP contribution in [0.1, 0.15) is 43.5 Å². The lowest BCUT2D eigenvalue weighted by molar-refractivity contribution is 0.487. The Morgan fingerprint density at radius 3 is 2.41 bits per heavy atom. The third-order valence-electron chi connectivity index (χ3n) is 3.28. The number of aromatic nitrogens is 1. The van der Waals surface area contributed by atoms with Crippen LogP contribution in [0.15, 0.2) is 28.9 Å². The zero-order valence-corrected chi connectivity index (χ0v) is 11.4. The molecule has 0 amide bonds. The lowest BCUT2D eigenvalue weighted by Gasteiger charge is -2.19. The van der Waals surface area contributed by atoms with E-state index in [1.807, 2.05) is 12.1 Å². The van der Waals surface area contributed by atoms with Crippen molar-refractivity contribution in [1.82, 2.24) is 4.57 Å². The Kier molecular flexibility index (Phi) is 2.90. The summed E-state index contributed by atoms with van der Waals surface area (Å²) in [4.78, 5) is 0. The zero-order chi connectivity index (χ0) is 12.6. The van der Waals surface area contributed by atoms with E-state index in [4.69, 9.17) is 4.42 Å². The van der Waals surface area contributed by atoms with Crippen LogP contribution in [0, 0.1) is 13.8 Å².